The summed E-state index contributed by atoms with van der Waals surface area (Å²) in [7, 11) is 0. The van der Waals surface area contributed by atoms with Gasteiger partial charge in [-0.05, 0) is 19.1 Å². The number of aromatic amines is 1. The normalized spacial score (nSPS) is 11.5. The number of aromatic nitrogens is 4. The lowest BCUT2D eigenvalue weighted by molar-refractivity contribution is -0.135. The highest BCUT2D eigenvalue weighted by molar-refractivity contribution is 7.15. The van der Waals surface area contributed by atoms with Crippen LogP contribution in [0, 0.1) is 0 Å². The first-order chi connectivity index (χ1) is 9.24. The Labute approximate surface area is 112 Å². The quantitative estimate of drug-likeness (QED) is 0.359. The number of carbonyl (C=O) groups excluding carboxylic acids is 1. The number of esters is 1. The summed E-state index contributed by atoms with van der Waals surface area (Å²) in [6.45, 7) is 1.90. The molecule has 0 bridgehead atoms. The Morgan fingerprint density at radius 3 is 3.05 bits per heavy atom. The number of carbonyl (C=O) groups is 1. The third kappa shape index (κ3) is 3.13. The fourth-order valence-corrected chi connectivity index (χ4v) is 2.38. The first-order valence-electron chi connectivity index (χ1n) is 5.45. The van der Waals surface area contributed by atoms with Crippen molar-refractivity contribution in [2.45, 2.75) is 13.3 Å². The van der Waals surface area contributed by atoms with Crippen molar-refractivity contribution in [2.24, 2.45) is 5.16 Å². The molecule has 0 radical (unpaired) electrons. The lowest BCUT2D eigenvalue weighted by Crippen LogP contribution is -2.17. The Kier molecular flexibility index (Phi) is 4.18. The molecule has 9 heteroatoms. The molecule has 2 aromatic heterocycles. The molecule has 19 heavy (non-hydrogen) atoms. The molecule has 0 fully saturated rings. The van der Waals surface area contributed by atoms with Crippen LogP contribution in [0.25, 0.3) is 0 Å². The molecule has 0 amide bonds. The van der Waals surface area contributed by atoms with Crippen molar-refractivity contribution in [3.05, 3.63) is 27.7 Å². The van der Waals surface area contributed by atoms with Crippen molar-refractivity contribution in [1.29, 1.82) is 0 Å². The van der Waals surface area contributed by atoms with E-state index in [1.807, 2.05) is 0 Å². The van der Waals surface area contributed by atoms with E-state index in [2.05, 4.69) is 25.8 Å². The molecule has 2 aromatic rings. The standard InChI is InChI=1S/C10H11N5O3S/c1-2-18-10(16)9(13-17)7-4-3-6(19-7)5-8-11-14-15-12-8/h3-4,17H,2,5H2,1H3,(H,11,12,14,15). The van der Waals surface area contributed by atoms with Crippen LogP contribution in [-0.4, -0.2) is 44.1 Å². The molecule has 2 heterocycles. The SMILES string of the molecule is CCOC(=O)C(=NO)c1ccc(Cc2nn[nH]n2)s1. The third-order valence-electron chi connectivity index (χ3n) is 2.19. The van der Waals surface area contributed by atoms with Crippen LogP contribution < -0.4 is 0 Å². The molecule has 0 aromatic carbocycles. The van der Waals surface area contributed by atoms with Crippen molar-refractivity contribution < 1.29 is 14.7 Å². The monoisotopic (exact) mass is 281 g/mol. The Hall–Kier alpha value is -2.29. The average Bonchev–Trinajstić information content (AvgIpc) is 3.03. The van der Waals surface area contributed by atoms with E-state index in [1.165, 1.54) is 11.3 Å². The third-order valence-corrected chi connectivity index (χ3v) is 3.28. The molecule has 0 aliphatic carbocycles. The number of H-pyrrole nitrogens is 1. The Bertz CT molecular complexity index is 578. The van der Waals surface area contributed by atoms with Crippen LogP contribution >= 0.6 is 11.3 Å². The zero-order valence-corrected chi connectivity index (χ0v) is 10.8. The summed E-state index contributed by atoms with van der Waals surface area (Å²) in [6.07, 6.45) is 0.489. The number of thiophene rings is 1. The van der Waals surface area contributed by atoms with Crippen molar-refractivity contribution in [1.82, 2.24) is 20.6 Å². The van der Waals surface area contributed by atoms with Gasteiger partial charge in [-0.2, -0.15) is 5.21 Å². The molecule has 0 unspecified atom stereocenters. The van der Waals surface area contributed by atoms with Gasteiger partial charge in [-0.15, -0.1) is 21.5 Å². The summed E-state index contributed by atoms with van der Waals surface area (Å²) in [5.41, 5.74) is -0.105. The second kappa shape index (κ2) is 6.05. The van der Waals surface area contributed by atoms with Gasteiger partial charge in [-0.25, -0.2) is 4.79 Å². The van der Waals surface area contributed by atoms with Crippen LogP contribution in [0.5, 0.6) is 0 Å². The van der Waals surface area contributed by atoms with Gasteiger partial charge in [0, 0.05) is 11.3 Å². The number of hydrogen-bond donors (Lipinski definition) is 2. The molecular weight excluding hydrogens is 270 g/mol. The summed E-state index contributed by atoms with van der Waals surface area (Å²) < 4.78 is 4.80. The van der Waals surface area contributed by atoms with Crippen LogP contribution in [0.1, 0.15) is 22.5 Å². The van der Waals surface area contributed by atoms with E-state index in [-0.39, 0.29) is 12.3 Å². The van der Waals surface area contributed by atoms with Crippen LogP contribution in [-0.2, 0) is 16.0 Å². The molecular formula is C10H11N5O3S. The second-order valence-corrected chi connectivity index (χ2v) is 4.61. The van der Waals surface area contributed by atoms with Crippen LogP contribution in [0.15, 0.2) is 17.3 Å². The second-order valence-electron chi connectivity index (χ2n) is 3.44. The number of nitrogens with one attached hydrogen (secondary N) is 1. The van der Waals surface area contributed by atoms with E-state index < -0.39 is 5.97 Å². The number of ether oxygens (including phenoxy) is 1. The van der Waals surface area contributed by atoms with Crippen molar-refractivity contribution in [3.63, 3.8) is 0 Å². The fourth-order valence-electron chi connectivity index (χ4n) is 1.40. The van der Waals surface area contributed by atoms with Gasteiger partial charge in [-0.3, -0.25) is 0 Å². The lowest BCUT2D eigenvalue weighted by Gasteiger charge is -2.00. The van der Waals surface area contributed by atoms with Crippen LogP contribution in [0.4, 0.5) is 0 Å². The zero-order chi connectivity index (χ0) is 13.7. The fraction of sp³-hybridized carbons (Fsp3) is 0.300. The molecule has 0 atom stereocenters. The van der Waals surface area contributed by atoms with Gasteiger partial charge in [0.15, 0.2) is 5.82 Å². The first kappa shape index (κ1) is 13.1. The molecule has 0 aliphatic heterocycles. The predicted molar refractivity (Wildman–Crippen MR) is 66.3 cm³/mol. The molecule has 2 N–H and O–H groups in total. The first-order valence-corrected chi connectivity index (χ1v) is 6.26. The molecule has 100 valence electrons. The Morgan fingerprint density at radius 2 is 2.42 bits per heavy atom. The van der Waals surface area contributed by atoms with E-state index in [0.29, 0.717) is 17.1 Å². The summed E-state index contributed by atoms with van der Waals surface area (Å²) in [4.78, 5) is 13.0. The highest BCUT2D eigenvalue weighted by Gasteiger charge is 2.18. The van der Waals surface area contributed by atoms with Gasteiger partial charge in [0.1, 0.15) is 0 Å². The zero-order valence-electron chi connectivity index (χ0n) is 10.0. The average molecular weight is 281 g/mol. The van der Waals surface area contributed by atoms with E-state index in [4.69, 9.17) is 9.94 Å². The highest BCUT2D eigenvalue weighted by Crippen LogP contribution is 2.20. The van der Waals surface area contributed by atoms with Gasteiger partial charge < -0.3 is 9.94 Å². The van der Waals surface area contributed by atoms with Gasteiger partial charge >= 0.3 is 5.97 Å². The van der Waals surface area contributed by atoms with E-state index in [0.717, 1.165) is 4.88 Å². The maximum atomic E-state index is 11.6. The Morgan fingerprint density at radius 1 is 1.58 bits per heavy atom. The maximum absolute atomic E-state index is 11.6. The van der Waals surface area contributed by atoms with Gasteiger partial charge in [0.2, 0.25) is 5.71 Å². The maximum Gasteiger partial charge on any atom is 0.361 e. The highest BCUT2D eigenvalue weighted by atomic mass is 32.1. The van der Waals surface area contributed by atoms with E-state index >= 15 is 0 Å². The number of tetrazole rings is 1. The minimum Gasteiger partial charge on any atom is -0.461 e. The number of nitrogens with zero attached hydrogens (tertiary/aromatic N) is 4. The number of rotatable bonds is 5. The van der Waals surface area contributed by atoms with E-state index in [1.54, 1.807) is 19.1 Å². The largest absolute Gasteiger partial charge is 0.461 e. The van der Waals surface area contributed by atoms with Crippen molar-refractivity contribution >= 4 is 23.0 Å². The predicted octanol–water partition coefficient (Wildman–Crippen LogP) is 0.593. The van der Waals surface area contributed by atoms with Gasteiger partial charge in [-0.1, -0.05) is 10.4 Å². The number of hydrogen-bond acceptors (Lipinski definition) is 8. The Balaban J connectivity index is 2.13. The van der Waals surface area contributed by atoms with Crippen LogP contribution in [0.2, 0.25) is 0 Å². The van der Waals surface area contributed by atoms with E-state index in [9.17, 15) is 4.79 Å². The minimum atomic E-state index is -0.655. The summed E-state index contributed by atoms with van der Waals surface area (Å²) in [5, 5.41) is 25.4. The molecule has 0 saturated carbocycles. The molecule has 0 aliphatic rings. The van der Waals surface area contributed by atoms with Crippen LogP contribution in [0.3, 0.4) is 0 Å². The number of oxime groups is 1. The van der Waals surface area contributed by atoms with Crippen molar-refractivity contribution in [2.75, 3.05) is 6.61 Å². The molecule has 8 nitrogen and oxygen atoms in total. The molecule has 0 spiro atoms. The summed E-state index contributed by atoms with van der Waals surface area (Å²) >= 11 is 1.30. The molecule has 2 rings (SSSR count). The summed E-state index contributed by atoms with van der Waals surface area (Å²) in [6, 6.07) is 3.49. The van der Waals surface area contributed by atoms with Crippen molar-refractivity contribution in [3.8, 4) is 0 Å². The minimum absolute atomic E-state index is 0.105. The van der Waals surface area contributed by atoms with Gasteiger partial charge in [0.05, 0.1) is 11.5 Å². The molecule has 0 saturated heterocycles. The summed E-state index contributed by atoms with van der Waals surface area (Å²) in [5.74, 6) is -0.106. The van der Waals surface area contributed by atoms with Gasteiger partial charge in [0.25, 0.3) is 0 Å². The smallest absolute Gasteiger partial charge is 0.361 e. The topological polar surface area (TPSA) is 113 Å². The lowest BCUT2D eigenvalue weighted by atomic mass is 10.3.